The van der Waals surface area contributed by atoms with Crippen LogP contribution in [-0.4, -0.2) is 43.5 Å². The van der Waals surface area contributed by atoms with Gasteiger partial charge in [-0.3, -0.25) is 9.89 Å². The minimum absolute atomic E-state index is 0.148. The highest BCUT2D eigenvalue weighted by atomic mass is 16.5. The van der Waals surface area contributed by atoms with Gasteiger partial charge in [0.2, 0.25) is 0 Å². The number of nitrogens with one attached hydrogen (secondary N) is 2. The lowest BCUT2D eigenvalue weighted by Crippen LogP contribution is -2.20. The number of aromatic amines is 1. The number of hydrogen-bond donors (Lipinski definition) is 2. The van der Waals surface area contributed by atoms with Gasteiger partial charge in [0.15, 0.2) is 23.9 Å². The van der Waals surface area contributed by atoms with Crippen LogP contribution in [0, 0.1) is 6.92 Å². The van der Waals surface area contributed by atoms with Gasteiger partial charge in [-0.2, -0.15) is 5.10 Å². The van der Waals surface area contributed by atoms with E-state index in [1.807, 2.05) is 26.0 Å². The van der Waals surface area contributed by atoms with Gasteiger partial charge in [0.1, 0.15) is 11.5 Å². The third-order valence-corrected chi connectivity index (χ3v) is 4.38. The highest BCUT2D eigenvalue weighted by molar-refractivity contribution is 5.95. The summed E-state index contributed by atoms with van der Waals surface area (Å²) in [7, 11) is 3.15. The molecule has 1 aromatic heterocycles. The van der Waals surface area contributed by atoms with Crippen molar-refractivity contribution in [1.29, 1.82) is 0 Å². The Kier molecular flexibility index (Phi) is 6.79. The van der Waals surface area contributed by atoms with Crippen LogP contribution in [0.3, 0.4) is 0 Å². The smallest absolute Gasteiger partial charge is 0.263 e. The molecule has 0 atom stereocenters. The van der Waals surface area contributed by atoms with Crippen molar-refractivity contribution >= 4 is 11.7 Å². The van der Waals surface area contributed by atoms with Crippen molar-refractivity contribution in [3.05, 3.63) is 48.2 Å². The van der Waals surface area contributed by atoms with Crippen LogP contribution in [0.4, 0.5) is 5.82 Å². The van der Waals surface area contributed by atoms with Crippen LogP contribution < -0.4 is 24.3 Å². The Morgan fingerprint density at radius 2 is 1.67 bits per heavy atom. The van der Waals surface area contributed by atoms with Crippen molar-refractivity contribution in [2.75, 3.05) is 32.8 Å². The number of amides is 1. The Morgan fingerprint density at radius 3 is 2.30 bits per heavy atom. The minimum Gasteiger partial charge on any atom is -0.494 e. The van der Waals surface area contributed by atoms with E-state index in [0.717, 1.165) is 22.6 Å². The summed E-state index contributed by atoms with van der Waals surface area (Å²) in [5, 5.41) is 9.92. The molecule has 3 aromatic rings. The van der Waals surface area contributed by atoms with Gasteiger partial charge in [0.05, 0.1) is 20.8 Å². The molecule has 0 aliphatic rings. The van der Waals surface area contributed by atoms with Crippen LogP contribution in [0.15, 0.2) is 42.5 Å². The van der Waals surface area contributed by atoms with Crippen molar-refractivity contribution in [1.82, 2.24) is 10.2 Å². The minimum atomic E-state index is -0.322. The summed E-state index contributed by atoms with van der Waals surface area (Å²) < 4.78 is 21.6. The molecule has 0 aliphatic heterocycles. The van der Waals surface area contributed by atoms with Crippen LogP contribution in [-0.2, 0) is 4.79 Å². The van der Waals surface area contributed by atoms with E-state index >= 15 is 0 Å². The zero-order valence-corrected chi connectivity index (χ0v) is 17.4. The summed E-state index contributed by atoms with van der Waals surface area (Å²) in [6.45, 7) is 4.24. The number of H-pyrrole nitrogens is 1. The van der Waals surface area contributed by atoms with Gasteiger partial charge in [0.25, 0.3) is 5.91 Å². The average molecular weight is 411 g/mol. The lowest BCUT2D eigenvalue weighted by molar-refractivity contribution is -0.118. The highest BCUT2D eigenvalue weighted by Crippen LogP contribution is 2.36. The van der Waals surface area contributed by atoms with Gasteiger partial charge in [-0.05, 0) is 55.8 Å². The maximum atomic E-state index is 12.4. The Balaban J connectivity index is 1.69. The molecule has 0 radical (unpaired) electrons. The number of benzene rings is 2. The van der Waals surface area contributed by atoms with E-state index in [0.29, 0.717) is 29.7 Å². The number of hydrogen-bond acceptors (Lipinski definition) is 6. The fraction of sp³-hybridized carbons (Fsp3) is 0.273. The number of aromatic nitrogens is 2. The SMILES string of the molecule is CCOc1ccc(OCC(=O)Nc2n[nH]c(C)c2-c2ccc(OC)c(OC)c2)cc1. The molecule has 1 amide bonds. The molecule has 0 bridgehead atoms. The zero-order chi connectivity index (χ0) is 21.5. The lowest BCUT2D eigenvalue weighted by Gasteiger charge is -2.11. The second-order valence-corrected chi connectivity index (χ2v) is 6.38. The summed E-state index contributed by atoms with van der Waals surface area (Å²) in [5.41, 5.74) is 2.41. The van der Waals surface area contributed by atoms with Gasteiger partial charge >= 0.3 is 0 Å². The van der Waals surface area contributed by atoms with E-state index < -0.39 is 0 Å². The predicted molar refractivity (Wildman–Crippen MR) is 114 cm³/mol. The Hall–Kier alpha value is -3.68. The van der Waals surface area contributed by atoms with Crippen molar-refractivity contribution in [3.63, 3.8) is 0 Å². The third-order valence-electron chi connectivity index (χ3n) is 4.38. The monoisotopic (exact) mass is 411 g/mol. The van der Waals surface area contributed by atoms with Crippen LogP contribution in [0.5, 0.6) is 23.0 Å². The maximum Gasteiger partial charge on any atom is 0.263 e. The van der Waals surface area contributed by atoms with E-state index in [1.165, 1.54) is 0 Å². The first kappa shape index (κ1) is 21.0. The van der Waals surface area contributed by atoms with E-state index in [9.17, 15) is 4.79 Å². The van der Waals surface area contributed by atoms with Crippen molar-refractivity contribution in [3.8, 4) is 34.1 Å². The summed E-state index contributed by atoms with van der Waals surface area (Å²) in [6.07, 6.45) is 0. The molecule has 0 unspecified atom stereocenters. The number of ether oxygens (including phenoxy) is 4. The van der Waals surface area contributed by atoms with Gasteiger partial charge in [-0.1, -0.05) is 6.07 Å². The second kappa shape index (κ2) is 9.69. The molecule has 0 fully saturated rings. The van der Waals surface area contributed by atoms with Crippen LogP contribution in [0.25, 0.3) is 11.1 Å². The number of methoxy groups -OCH3 is 2. The molecule has 2 aromatic carbocycles. The molecular formula is C22H25N3O5. The predicted octanol–water partition coefficient (Wildman–Crippen LogP) is 3.82. The zero-order valence-electron chi connectivity index (χ0n) is 17.4. The summed E-state index contributed by atoms with van der Waals surface area (Å²) in [6, 6.07) is 12.6. The molecule has 158 valence electrons. The number of carbonyl (C=O) groups is 1. The first-order chi connectivity index (χ1) is 14.5. The first-order valence-electron chi connectivity index (χ1n) is 9.48. The molecule has 0 saturated carbocycles. The number of rotatable bonds is 9. The molecule has 3 rings (SSSR count). The summed E-state index contributed by atoms with van der Waals surface area (Å²) >= 11 is 0. The molecule has 1 heterocycles. The van der Waals surface area contributed by atoms with E-state index in [2.05, 4.69) is 15.5 Å². The quantitative estimate of drug-likeness (QED) is 0.556. The van der Waals surface area contributed by atoms with Gasteiger partial charge < -0.3 is 24.3 Å². The Labute approximate surface area is 175 Å². The van der Waals surface area contributed by atoms with E-state index in [-0.39, 0.29) is 12.5 Å². The topological polar surface area (TPSA) is 94.7 Å². The van der Waals surface area contributed by atoms with Gasteiger partial charge in [0, 0.05) is 11.3 Å². The van der Waals surface area contributed by atoms with Crippen molar-refractivity contribution < 1.29 is 23.7 Å². The second-order valence-electron chi connectivity index (χ2n) is 6.38. The fourth-order valence-electron chi connectivity index (χ4n) is 2.98. The number of nitrogens with zero attached hydrogens (tertiary/aromatic N) is 1. The number of aryl methyl sites for hydroxylation is 1. The fourth-order valence-corrected chi connectivity index (χ4v) is 2.98. The van der Waals surface area contributed by atoms with E-state index in [4.69, 9.17) is 18.9 Å². The molecule has 0 spiro atoms. The van der Waals surface area contributed by atoms with Crippen LogP contribution in [0.1, 0.15) is 12.6 Å². The summed E-state index contributed by atoms with van der Waals surface area (Å²) in [4.78, 5) is 12.4. The van der Waals surface area contributed by atoms with Gasteiger partial charge in [-0.15, -0.1) is 0 Å². The molecule has 2 N–H and O–H groups in total. The largest absolute Gasteiger partial charge is 0.494 e. The highest BCUT2D eigenvalue weighted by Gasteiger charge is 2.17. The van der Waals surface area contributed by atoms with Crippen LogP contribution in [0.2, 0.25) is 0 Å². The van der Waals surface area contributed by atoms with Crippen molar-refractivity contribution in [2.24, 2.45) is 0 Å². The molecule has 8 nitrogen and oxygen atoms in total. The molecule has 8 heteroatoms. The van der Waals surface area contributed by atoms with Gasteiger partial charge in [-0.25, -0.2) is 0 Å². The first-order valence-corrected chi connectivity index (χ1v) is 9.48. The molecule has 0 aliphatic carbocycles. The van der Waals surface area contributed by atoms with E-state index in [1.54, 1.807) is 44.6 Å². The third kappa shape index (κ3) is 4.83. The molecule has 30 heavy (non-hydrogen) atoms. The number of anilines is 1. The lowest BCUT2D eigenvalue weighted by atomic mass is 10.0. The maximum absolute atomic E-state index is 12.4. The van der Waals surface area contributed by atoms with Crippen molar-refractivity contribution in [2.45, 2.75) is 13.8 Å². The normalized spacial score (nSPS) is 10.4. The average Bonchev–Trinajstić information content (AvgIpc) is 3.12. The van der Waals surface area contributed by atoms with Crippen LogP contribution >= 0.6 is 0 Å². The Bertz CT molecular complexity index is 999. The Morgan fingerprint density at radius 1 is 1.00 bits per heavy atom. The summed E-state index contributed by atoms with van der Waals surface area (Å²) in [5.74, 6) is 2.63. The molecule has 0 saturated heterocycles. The molecular weight excluding hydrogens is 386 g/mol. The number of carbonyl (C=O) groups excluding carboxylic acids is 1. The standard InChI is InChI=1S/C22H25N3O5/c1-5-29-16-7-9-17(10-8-16)30-13-20(26)23-22-21(14(2)24-25-22)15-6-11-18(27-3)19(12-15)28-4/h6-12H,5,13H2,1-4H3,(H2,23,24,25,26).